The van der Waals surface area contributed by atoms with E-state index >= 15 is 0 Å². The molecule has 0 radical (unpaired) electrons. The van der Waals surface area contributed by atoms with Crippen molar-refractivity contribution < 1.29 is 10.2 Å². The molecule has 0 aliphatic heterocycles. The molecule has 6 heteroatoms. The van der Waals surface area contributed by atoms with E-state index in [0.29, 0.717) is 5.82 Å². The predicted molar refractivity (Wildman–Crippen MR) is 82.5 cm³/mol. The minimum absolute atomic E-state index is 0.0666. The van der Waals surface area contributed by atoms with Crippen molar-refractivity contribution in [1.82, 2.24) is 14.9 Å². The van der Waals surface area contributed by atoms with Crippen molar-refractivity contribution in [3.63, 3.8) is 0 Å². The summed E-state index contributed by atoms with van der Waals surface area (Å²) >= 11 is 0. The van der Waals surface area contributed by atoms with Gasteiger partial charge in [-0.25, -0.2) is 9.97 Å². The van der Waals surface area contributed by atoms with Crippen LogP contribution in [-0.2, 0) is 6.42 Å². The minimum atomic E-state index is -0.666. The summed E-state index contributed by atoms with van der Waals surface area (Å²) in [5.41, 5.74) is 8.95. The zero-order chi connectivity index (χ0) is 15.4. The first-order chi connectivity index (χ1) is 10.1. The average Bonchev–Trinajstić information content (AvgIpc) is 2.88. The van der Waals surface area contributed by atoms with Crippen LogP contribution < -0.4 is 5.73 Å². The van der Waals surface area contributed by atoms with Crippen LogP contribution in [0.1, 0.15) is 24.6 Å². The number of anilines is 1. The van der Waals surface area contributed by atoms with E-state index in [4.69, 9.17) is 10.8 Å². The number of nitrogens with two attached hydrogens (primary N) is 1. The summed E-state index contributed by atoms with van der Waals surface area (Å²) in [6, 6.07) is 0. The van der Waals surface area contributed by atoms with Crippen LogP contribution in [0.3, 0.4) is 0 Å². The molecule has 4 N–H and O–H groups in total. The Kier molecular flexibility index (Phi) is 5.27. The Bertz CT molecular complexity index is 518. The Hall–Kier alpha value is -1.50. The summed E-state index contributed by atoms with van der Waals surface area (Å²) in [7, 11) is 2.01. The molecule has 1 aliphatic carbocycles. The maximum atomic E-state index is 9.79. The molecule has 1 aromatic heterocycles. The van der Waals surface area contributed by atoms with Crippen molar-refractivity contribution in [3.8, 4) is 0 Å². The van der Waals surface area contributed by atoms with Crippen LogP contribution >= 0.6 is 0 Å². The number of nitrogen functional groups attached to an aromatic ring is 1. The summed E-state index contributed by atoms with van der Waals surface area (Å²) in [4.78, 5) is 10.5. The van der Waals surface area contributed by atoms with E-state index in [1.807, 2.05) is 14.0 Å². The fourth-order valence-corrected chi connectivity index (χ4v) is 2.79. The second-order valence-electron chi connectivity index (χ2n) is 5.63. The highest BCUT2D eigenvalue weighted by atomic mass is 16.3. The number of fused-ring (bicyclic) bond motifs is 1. The summed E-state index contributed by atoms with van der Waals surface area (Å²) in [5, 5.41) is 18.9. The monoisotopic (exact) mass is 292 g/mol. The van der Waals surface area contributed by atoms with Crippen molar-refractivity contribution in [2.45, 2.75) is 25.9 Å². The highest BCUT2D eigenvalue weighted by Crippen LogP contribution is 2.28. The number of hydrogen-bond donors (Lipinski definition) is 3. The van der Waals surface area contributed by atoms with E-state index < -0.39 is 6.10 Å². The third-order valence-electron chi connectivity index (χ3n) is 4.08. The molecule has 2 atom stereocenters. The fourth-order valence-electron chi connectivity index (χ4n) is 2.79. The van der Waals surface area contributed by atoms with Gasteiger partial charge in [0.05, 0.1) is 18.4 Å². The van der Waals surface area contributed by atoms with Crippen LogP contribution in [-0.4, -0.2) is 57.9 Å². The summed E-state index contributed by atoms with van der Waals surface area (Å²) < 4.78 is 0. The first-order valence-electron chi connectivity index (χ1n) is 7.33. The van der Waals surface area contributed by atoms with Gasteiger partial charge in [-0.15, -0.1) is 0 Å². The molecule has 21 heavy (non-hydrogen) atoms. The molecule has 1 aromatic rings. The summed E-state index contributed by atoms with van der Waals surface area (Å²) in [6.45, 7) is 3.31. The zero-order valence-electron chi connectivity index (χ0n) is 12.7. The highest BCUT2D eigenvalue weighted by molar-refractivity contribution is 5.74. The fraction of sp³-hybridized carbons (Fsp3) is 0.600. The van der Waals surface area contributed by atoms with Gasteiger partial charge in [0, 0.05) is 18.7 Å². The van der Waals surface area contributed by atoms with E-state index in [1.165, 1.54) is 6.33 Å². The minimum Gasteiger partial charge on any atom is -0.394 e. The molecule has 0 saturated heterocycles. The third kappa shape index (κ3) is 3.58. The summed E-state index contributed by atoms with van der Waals surface area (Å²) in [5.74, 6) is 0.619. The number of nitrogens with zero attached hydrogens (tertiary/aromatic N) is 3. The smallest absolute Gasteiger partial charge is 0.130 e. The van der Waals surface area contributed by atoms with Gasteiger partial charge in [-0.2, -0.15) is 0 Å². The normalized spacial score (nSPS) is 16.7. The van der Waals surface area contributed by atoms with Gasteiger partial charge >= 0.3 is 0 Å². The number of aliphatic hydroxyl groups excluding tert-OH is 2. The highest BCUT2D eigenvalue weighted by Gasteiger charge is 2.22. The molecular weight excluding hydrogens is 268 g/mol. The standard InChI is InChI=1S/C15H24N4O2/c1-3-10(13(21)8-20)6-19(2)7-11-4-5-12-14(11)17-9-18-15(12)16/h4,9-10,13,20-21H,3,5-8H2,1-2H3,(H2,16,17,18)/t10-,13-/m0/s1. The lowest BCUT2D eigenvalue weighted by Gasteiger charge is -2.26. The Labute approximate surface area is 125 Å². The Morgan fingerprint density at radius 1 is 1.43 bits per heavy atom. The van der Waals surface area contributed by atoms with Crippen LogP contribution in [0.4, 0.5) is 5.82 Å². The molecule has 116 valence electrons. The Balaban J connectivity index is 1.99. The first-order valence-corrected chi connectivity index (χ1v) is 7.33. The van der Waals surface area contributed by atoms with Crippen molar-refractivity contribution in [2.75, 3.05) is 32.5 Å². The molecule has 1 aliphatic rings. The molecule has 0 aromatic carbocycles. The quantitative estimate of drug-likeness (QED) is 0.669. The largest absolute Gasteiger partial charge is 0.394 e. The van der Waals surface area contributed by atoms with E-state index in [0.717, 1.165) is 42.8 Å². The van der Waals surface area contributed by atoms with Crippen molar-refractivity contribution in [2.24, 2.45) is 5.92 Å². The molecule has 0 unspecified atom stereocenters. The topological polar surface area (TPSA) is 95.5 Å². The van der Waals surface area contributed by atoms with Gasteiger partial charge in [0.15, 0.2) is 0 Å². The zero-order valence-corrected chi connectivity index (χ0v) is 12.7. The SMILES string of the molecule is CC[C@@H](CN(C)CC1=CCc2c(N)ncnc21)[C@@H](O)CO. The molecule has 0 fully saturated rings. The lowest BCUT2D eigenvalue weighted by atomic mass is 9.99. The summed E-state index contributed by atoms with van der Waals surface area (Å²) in [6.07, 6.45) is 4.58. The van der Waals surface area contributed by atoms with Gasteiger partial charge in [0.2, 0.25) is 0 Å². The van der Waals surface area contributed by atoms with Gasteiger partial charge in [0.25, 0.3) is 0 Å². The van der Waals surface area contributed by atoms with Crippen LogP contribution in [0.25, 0.3) is 5.57 Å². The van der Waals surface area contributed by atoms with E-state index in [9.17, 15) is 5.11 Å². The van der Waals surface area contributed by atoms with E-state index in [-0.39, 0.29) is 12.5 Å². The van der Waals surface area contributed by atoms with Gasteiger partial charge in [-0.05, 0) is 31.4 Å². The second-order valence-corrected chi connectivity index (χ2v) is 5.63. The van der Waals surface area contributed by atoms with Crippen LogP contribution in [0.15, 0.2) is 12.4 Å². The van der Waals surface area contributed by atoms with E-state index in [2.05, 4.69) is 20.9 Å². The molecule has 6 nitrogen and oxygen atoms in total. The van der Waals surface area contributed by atoms with Gasteiger partial charge in [0.1, 0.15) is 12.1 Å². The van der Waals surface area contributed by atoms with Crippen molar-refractivity contribution in [3.05, 3.63) is 23.7 Å². The number of aliphatic hydroxyl groups is 2. The molecule has 0 bridgehead atoms. The first kappa shape index (κ1) is 15.9. The van der Waals surface area contributed by atoms with Crippen molar-refractivity contribution >= 4 is 11.4 Å². The van der Waals surface area contributed by atoms with Crippen LogP contribution in [0.2, 0.25) is 0 Å². The van der Waals surface area contributed by atoms with Crippen molar-refractivity contribution in [1.29, 1.82) is 0 Å². The lowest BCUT2D eigenvalue weighted by molar-refractivity contribution is 0.0343. The Morgan fingerprint density at radius 3 is 2.86 bits per heavy atom. The molecule has 2 rings (SSSR count). The molecule has 0 saturated carbocycles. The van der Waals surface area contributed by atoms with Gasteiger partial charge in [-0.3, -0.25) is 0 Å². The molecular formula is C15H24N4O2. The second kappa shape index (κ2) is 6.98. The molecule has 0 spiro atoms. The molecule has 0 amide bonds. The Morgan fingerprint density at radius 2 is 2.19 bits per heavy atom. The lowest BCUT2D eigenvalue weighted by Crippen LogP contribution is -2.35. The van der Waals surface area contributed by atoms with Gasteiger partial charge in [-0.1, -0.05) is 13.0 Å². The predicted octanol–water partition coefficient (Wildman–Crippen LogP) is 0.310. The number of aromatic nitrogens is 2. The maximum absolute atomic E-state index is 9.79. The molecule has 1 heterocycles. The maximum Gasteiger partial charge on any atom is 0.130 e. The van der Waals surface area contributed by atoms with Crippen LogP contribution in [0.5, 0.6) is 0 Å². The average molecular weight is 292 g/mol. The van der Waals surface area contributed by atoms with Gasteiger partial charge < -0.3 is 20.8 Å². The third-order valence-corrected chi connectivity index (χ3v) is 4.08. The van der Waals surface area contributed by atoms with E-state index in [1.54, 1.807) is 0 Å². The number of allylic oxidation sites excluding steroid dienone is 1. The number of likely N-dealkylation sites (N-methyl/N-ethyl adjacent to an activating group) is 1. The number of hydrogen-bond acceptors (Lipinski definition) is 6. The number of rotatable bonds is 7. The van der Waals surface area contributed by atoms with Crippen LogP contribution in [0, 0.1) is 5.92 Å².